The molecule has 0 radical (unpaired) electrons. The fourth-order valence-electron chi connectivity index (χ4n) is 2.81. The molecule has 0 aliphatic carbocycles. The molecule has 3 rings (SSSR count). The molecule has 1 saturated heterocycles. The Morgan fingerprint density at radius 1 is 1.14 bits per heavy atom. The van der Waals surface area contributed by atoms with Gasteiger partial charge >= 0.3 is 0 Å². The van der Waals surface area contributed by atoms with Gasteiger partial charge < -0.3 is 15.1 Å². The number of aromatic nitrogens is 1. The summed E-state index contributed by atoms with van der Waals surface area (Å²) in [5, 5.41) is 6.54. The Hall–Kier alpha value is -1.59. The molecule has 0 amide bonds. The first kappa shape index (κ1) is 14.4. The van der Waals surface area contributed by atoms with Gasteiger partial charge in [-0.15, -0.1) is 11.3 Å². The molecular formula is C16H22N4S. The van der Waals surface area contributed by atoms with E-state index in [0.29, 0.717) is 6.04 Å². The molecule has 1 atom stereocenters. The van der Waals surface area contributed by atoms with Gasteiger partial charge in [-0.25, -0.2) is 4.98 Å². The normalized spacial score (nSPS) is 17.0. The maximum atomic E-state index is 4.41. The number of thiazole rings is 1. The third kappa shape index (κ3) is 3.04. The van der Waals surface area contributed by atoms with Gasteiger partial charge in [0.05, 0.1) is 0 Å². The number of nitrogens with one attached hydrogen (secondary N) is 1. The first-order chi connectivity index (χ1) is 10.3. The van der Waals surface area contributed by atoms with Crippen LogP contribution >= 0.6 is 11.3 Å². The lowest BCUT2D eigenvalue weighted by Gasteiger charge is -2.37. The zero-order chi connectivity index (χ0) is 14.7. The summed E-state index contributed by atoms with van der Waals surface area (Å²) in [6.07, 6.45) is 1.89. The van der Waals surface area contributed by atoms with Crippen LogP contribution in [-0.2, 0) is 0 Å². The molecule has 2 heterocycles. The fourth-order valence-corrected chi connectivity index (χ4v) is 3.50. The van der Waals surface area contributed by atoms with Crippen molar-refractivity contribution in [3.63, 3.8) is 0 Å². The van der Waals surface area contributed by atoms with Crippen LogP contribution in [0.3, 0.4) is 0 Å². The topological polar surface area (TPSA) is 31.4 Å². The summed E-state index contributed by atoms with van der Waals surface area (Å²) in [5.41, 5.74) is 2.74. The number of para-hydroxylation sites is 1. The number of hydrogen-bond acceptors (Lipinski definition) is 5. The first-order valence-corrected chi connectivity index (χ1v) is 8.33. The molecule has 1 aliphatic rings. The van der Waals surface area contributed by atoms with Crippen molar-refractivity contribution >= 4 is 22.2 Å². The standard InChI is InChI=1S/C16H22N4S/c1-13(17-2)14-5-3-4-6-15(14)19-8-10-20(11-9-19)16-18-7-12-21-16/h3-7,12-13,17H,8-11H2,1-2H3. The molecule has 1 aromatic heterocycles. The van der Waals surface area contributed by atoms with Crippen LogP contribution in [0.5, 0.6) is 0 Å². The lowest BCUT2D eigenvalue weighted by Crippen LogP contribution is -2.47. The third-order valence-electron chi connectivity index (χ3n) is 4.15. The van der Waals surface area contributed by atoms with Gasteiger partial charge in [-0.05, 0) is 25.6 Å². The summed E-state index contributed by atoms with van der Waals surface area (Å²) < 4.78 is 0. The van der Waals surface area contributed by atoms with E-state index in [1.807, 2.05) is 18.6 Å². The summed E-state index contributed by atoms with van der Waals surface area (Å²) in [4.78, 5) is 9.29. The van der Waals surface area contributed by atoms with Crippen molar-refractivity contribution in [3.8, 4) is 0 Å². The molecule has 5 heteroatoms. The number of hydrogen-bond donors (Lipinski definition) is 1. The Balaban J connectivity index is 1.72. The monoisotopic (exact) mass is 302 g/mol. The van der Waals surface area contributed by atoms with Crippen LogP contribution in [-0.4, -0.2) is 38.2 Å². The zero-order valence-corrected chi connectivity index (χ0v) is 13.4. The van der Waals surface area contributed by atoms with Gasteiger partial charge in [0.1, 0.15) is 0 Å². The van der Waals surface area contributed by atoms with Crippen LogP contribution in [0.15, 0.2) is 35.8 Å². The maximum absolute atomic E-state index is 4.41. The van der Waals surface area contributed by atoms with E-state index in [4.69, 9.17) is 0 Å². The van der Waals surface area contributed by atoms with Gasteiger partial charge in [0, 0.05) is 49.5 Å². The maximum Gasteiger partial charge on any atom is 0.185 e. The average molecular weight is 302 g/mol. The molecule has 1 aliphatic heterocycles. The van der Waals surface area contributed by atoms with E-state index in [1.165, 1.54) is 11.3 Å². The van der Waals surface area contributed by atoms with Crippen LogP contribution in [0.1, 0.15) is 18.5 Å². The molecule has 1 unspecified atom stereocenters. The number of anilines is 2. The van der Waals surface area contributed by atoms with E-state index >= 15 is 0 Å². The lowest BCUT2D eigenvalue weighted by atomic mass is 10.0. The number of piperazine rings is 1. The van der Waals surface area contributed by atoms with E-state index in [1.54, 1.807) is 11.3 Å². The molecule has 2 aromatic rings. The van der Waals surface area contributed by atoms with Gasteiger partial charge in [0.25, 0.3) is 0 Å². The van der Waals surface area contributed by atoms with Crippen LogP contribution in [0.25, 0.3) is 0 Å². The van der Waals surface area contributed by atoms with Crippen molar-refractivity contribution in [2.75, 3.05) is 43.0 Å². The second-order valence-electron chi connectivity index (χ2n) is 5.36. The fraction of sp³-hybridized carbons (Fsp3) is 0.438. The van der Waals surface area contributed by atoms with Crippen molar-refractivity contribution in [2.24, 2.45) is 0 Å². The first-order valence-electron chi connectivity index (χ1n) is 7.45. The molecule has 0 saturated carbocycles. The highest BCUT2D eigenvalue weighted by atomic mass is 32.1. The zero-order valence-electron chi connectivity index (χ0n) is 12.6. The Kier molecular flexibility index (Phi) is 4.41. The van der Waals surface area contributed by atoms with Crippen LogP contribution in [0.2, 0.25) is 0 Å². The Morgan fingerprint density at radius 3 is 2.52 bits per heavy atom. The van der Waals surface area contributed by atoms with E-state index in [2.05, 4.69) is 51.3 Å². The van der Waals surface area contributed by atoms with Crippen LogP contribution in [0.4, 0.5) is 10.8 Å². The van der Waals surface area contributed by atoms with Crippen molar-refractivity contribution in [3.05, 3.63) is 41.4 Å². The molecule has 1 aromatic carbocycles. The molecule has 0 bridgehead atoms. The van der Waals surface area contributed by atoms with Gasteiger partial charge in [-0.2, -0.15) is 0 Å². The van der Waals surface area contributed by atoms with E-state index in [-0.39, 0.29) is 0 Å². The number of benzene rings is 1. The third-order valence-corrected chi connectivity index (χ3v) is 4.98. The summed E-state index contributed by atoms with van der Waals surface area (Å²) in [6.45, 7) is 6.39. The SMILES string of the molecule is CNC(C)c1ccccc1N1CCN(c2nccs2)CC1. The minimum Gasteiger partial charge on any atom is -0.368 e. The van der Waals surface area contributed by atoms with E-state index < -0.39 is 0 Å². The Labute approximate surface area is 130 Å². The molecule has 21 heavy (non-hydrogen) atoms. The molecule has 1 N–H and O–H groups in total. The quantitative estimate of drug-likeness (QED) is 0.941. The molecule has 112 valence electrons. The average Bonchev–Trinajstić information content (AvgIpc) is 3.09. The minimum absolute atomic E-state index is 0.373. The minimum atomic E-state index is 0.373. The summed E-state index contributed by atoms with van der Waals surface area (Å²) >= 11 is 1.72. The van der Waals surface area contributed by atoms with E-state index in [9.17, 15) is 0 Å². The van der Waals surface area contributed by atoms with Crippen molar-refractivity contribution in [1.29, 1.82) is 0 Å². The second kappa shape index (κ2) is 6.45. The summed E-state index contributed by atoms with van der Waals surface area (Å²) in [7, 11) is 2.02. The summed E-state index contributed by atoms with van der Waals surface area (Å²) in [6, 6.07) is 9.09. The van der Waals surface area contributed by atoms with Crippen molar-refractivity contribution < 1.29 is 0 Å². The van der Waals surface area contributed by atoms with Crippen LogP contribution < -0.4 is 15.1 Å². The number of nitrogens with zero attached hydrogens (tertiary/aromatic N) is 3. The predicted octanol–water partition coefficient (Wildman–Crippen LogP) is 2.75. The highest BCUT2D eigenvalue weighted by molar-refractivity contribution is 7.13. The molecule has 4 nitrogen and oxygen atoms in total. The predicted molar refractivity (Wildman–Crippen MR) is 90.5 cm³/mol. The van der Waals surface area contributed by atoms with Gasteiger partial charge in [-0.1, -0.05) is 18.2 Å². The van der Waals surface area contributed by atoms with Crippen LogP contribution in [0, 0.1) is 0 Å². The van der Waals surface area contributed by atoms with Crippen molar-refractivity contribution in [1.82, 2.24) is 10.3 Å². The lowest BCUT2D eigenvalue weighted by molar-refractivity contribution is 0.625. The Morgan fingerprint density at radius 2 is 1.86 bits per heavy atom. The summed E-state index contributed by atoms with van der Waals surface area (Å²) in [5.74, 6) is 0. The second-order valence-corrected chi connectivity index (χ2v) is 6.23. The highest BCUT2D eigenvalue weighted by Gasteiger charge is 2.21. The smallest absolute Gasteiger partial charge is 0.185 e. The molecule has 0 spiro atoms. The number of rotatable bonds is 4. The van der Waals surface area contributed by atoms with Gasteiger partial charge in [-0.3, -0.25) is 0 Å². The van der Waals surface area contributed by atoms with Gasteiger partial charge in [0.2, 0.25) is 0 Å². The Bertz CT molecular complexity index is 561. The van der Waals surface area contributed by atoms with Crippen molar-refractivity contribution in [2.45, 2.75) is 13.0 Å². The molecular weight excluding hydrogens is 280 g/mol. The van der Waals surface area contributed by atoms with Gasteiger partial charge in [0.15, 0.2) is 5.13 Å². The van der Waals surface area contributed by atoms with E-state index in [0.717, 1.165) is 31.3 Å². The molecule has 1 fully saturated rings. The largest absolute Gasteiger partial charge is 0.368 e. The highest BCUT2D eigenvalue weighted by Crippen LogP contribution is 2.28.